The molecule has 1 heterocycles. The number of hydroxylamine groups is 2. The van der Waals surface area contributed by atoms with Crippen LogP contribution in [0.1, 0.15) is 25.8 Å². The van der Waals surface area contributed by atoms with Crippen molar-refractivity contribution >= 4 is 11.9 Å². The third-order valence-corrected chi connectivity index (χ3v) is 3.76. The SMILES string of the molecule is COC(=O)[C@@]1([C@H](C)OC(C)=O)CCN(Cc2ccccc2)O1. The van der Waals surface area contributed by atoms with E-state index in [1.807, 2.05) is 30.3 Å². The van der Waals surface area contributed by atoms with Crippen LogP contribution in [0.4, 0.5) is 0 Å². The Bertz CT molecular complexity index is 533. The fourth-order valence-electron chi connectivity index (χ4n) is 2.61. The Hall–Kier alpha value is -1.92. The van der Waals surface area contributed by atoms with Gasteiger partial charge in [-0.1, -0.05) is 30.3 Å². The predicted molar refractivity (Wildman–Crippen MR) is 78.5 cm³/mol. The summed E-state index contributed by atoms with van der Waals surface area (Å²) in [5.41, 5.74) is -0.210. The Morgan fingerprint density at radius 1 is 1.36 bits per heavy atom. The number of carbonyl (C=O) groups excluding carboxylic acids is 2. The molecule has 2 rings (SSSR count). The van der Waals surface area contributed by atoms with E-state index >= 15 is 0 Å². The van der Waals surface area contributed by atoms with E-state index in [1.165, 1.54) is 14.0 Å². The Balaban J connectivity index is 2.12. The molecular weight excluding hydrogens is 286 g/mol. The normalized spacial score (nSPS) is 23.0. The molecule has 1 fully saturated rings. The standard InChI is InChI=1S/C16H21NO5/c1-12(21-13(2)18)16(15(19)20-3)9-10-17(22-16)11-14-7-5-4-6-8-14/h4-8,12H,9-11H2,1-3H3/t12-,16-/m0/s1. The maximum absolute atomic E-state index is 12.2. The van der Waals surface area contributed by atoms with Gasteiger partial charge in [0.1, 0.15) is 6.10 Å². The van der Waals surface area contributed by atoms with Crippen molar-refractivity contribution in [2.45, 2.75) is 38.5 Å². The monoisotopic (exact) mass is 307 g/mol. The van der Waals surface area contributed by atoms with Gasteiger partial charge >= 0.3 is 11.9 Å². The van der Waals surface area contributed by atoms with Gasteiger partial charge in [-0.3, -0.25) is 9.63 Å². The number of benzene rings is 1. The van der Waals surface area contributed by atoms with E-state index in [9.17, 15) is 9.59 Å². The second-order valence-electron chi connectivity index (χ2n) is 5.32. The summed E-state index contributed by atoms with van der Waals surface area (Å²) in [6.07, 6.45) is -0.320. The third kappa shape index (κ3) is 3.45. The summed E-state index contributed by atoms with van der Waals surface area (Å²) in [5.74, 6) is -0.988. The highest BCUT2D eigenvalue weighted by Crippen LogP contribution is 2.33. The molecule has 2 atom stereocenters. The van der Waals surface area contributed by atoms with Crippen LogP contribution < -0.4 is 0 Å². The van der Waals surface area contributed by atoms with Crippen LogP contribution in [0, 0.1) is 0 Å². The molecule has 0 spiro atoms. The van der Waals surface area contributed by atoms with Crippen molar-refractivity contribution in [3.8, 4) is 0 Å². The largest absolute Gasteiger partial charge is 0.467 e. The fourth-order valence-corrected chi connectivity index (χ4v) is 2.61. The number of esters is 2. The van der Waals surface area contributed by atoms with E-state index in [4.69, 9.17) is 14.3 Å². The number of hydrogen-bond donors (Lipinski definition) is 0. The zero-order chi connectivity index (χ0) is 16.2. The number of carbonyl (C=O) groups is 2. The number of ether oxygens (including phenoxy) is 2. The molecule has 0 bridgehead atoms. The molecule has 1 aliphatic rings. The first-order valence-corrected chi connectivity index (χ1v) is 7.21. The molecule has 6 heteroatoms. The van der Waals surface area contributed by atoms with Gasteiger partial charge in [-0.05, 0) is 12.5 Å². The lowest BCUT2D eigenvalue weighted by Gasteiger charge is -2.31. The molecule has 0 unspecified atom stereocenters. The van der Waals surface area contributed by atoms with E-state index in [0.29, 0.717) is 19.5 Å². The van der Waals surface area contributed by atoms with Crippen molar-refractivity contribution in [3.63, 3.8) is 0 Å². The zero-order valence-corrected chi connectivity index (χ0v) is 13.1. The maximum atomic E-state index is 12.2. The summed E-state index contributed by atoms with van der Waals surface area (Å²) in [6, 6.07) is 9.80. The Kier molecular flexibility index (Phi) is 5.15. The van der Waals surface area contributed by atoms with Crippen LogP contribution in [0.25, 0.3) is 0 Å². The summed E-state index contributed by atoms with van der Waals surface area (Å²) in [4.78, 5) is 29.2. The van der Waals surface area contributed by atoms with Gasteiger partial charge in [0, 0.05) is 26.4 Å². The van der Waals surface area contributed by atoms with Crippen molar-refractivity contribution in [1.29, 1.82) is 0 Å². The van der Waals surface area contributed by atoms with E-state index in [1.54, 1.807) is 12.0 Å². The molecule has 22 heavy (non-hydrogen) atoms. The Morgan fingerprint density at radius 3 is 2.64 bits per heavy atom. The van der Waals surface area contributed by atoms with Crippen LogP contribution in [0.5, 0.6) is 0 Å². The average molecular weight is 307 g/mol. The molecule has 0 amide bonds. The van der Waals surface area contributed by atoms with Crippen molar-refractivity contribution in [2.75, 3.05) is 13.7 Å². The molecule has 1 aliphatic heterocycles. The summed E-state index contributed by atoms with van der Waals surface area (Å²) in [6.45, 7) is 4.05. The van der Waals surface area contributed by atoms with Gasteiger partial charge in [-0.15, -0.1) is 0 Å². The maximum Gasteiger partial charge on any atom is 0.344 e. The Morgan fingerprint density at radius 2 is 2.05 bits per heavy atom. The van der Waals surface area contributed by atoms with Crippen molar-refractivity contribution in [3.05, 3.63) is 35.9 Å². The Labute approximate surface area is 129 Å². The average Bonchev–Trinajstić information content (AvgIpc) is 2.92. The third-order valence-electron chi connectivity index (χ3n) is 3.76. The van der Waals surface area contributed by atoms with Crippen LogP contribution in [-0.2, 0) is 30.4 Å². The molecule has 1 aromatic carbocycles. The molecule has 0 aliphatic carbocycles. The lowest BCUT2D eigenvalue weighted by Crippen LogP contribution is -2.51. The van der Waals surface area contributed by atoms with E-state index in [-0.39, 0.29) is 0 Å². The van der Waals surface area contributed by atoms with E-state index < -0.39 is 23.6 Å². The van der Waals surface area contributed by atoms with Crippen molar-refractivity contribution in [2.24, 2.45) is 0 Å². The number of methoxy groups -OCH3 is 1. The molecule has 6 nitrogen and oxygen atoms in total. The highest BCUT2D eigenvalue weighted by Gasteiger charge is 2.53. The molecule has 0 radical (unpaired) electrons. The van der Waals surface area contributed by atoms with Gasteiger partial charge in [-0.25, -0.2) is 4.79 Å². The minimum absolute atomic E-state index is 0.404. The van der Waals surface area contributed by atoms with Crippen molar-refractivity contribution in [1.82, 2.24) is 5.06 Å². The molecule has 120 valence electrons. The van der Waals surface area contributed by atoms with Crippen LogP contribution in [0.3, 0.4) is 0 Å². The van der Waals surface area contributed by atoms with Crippen LogP contribution in [0.15, 0.2) is 30.3 Å². The first kappa shape index (κ1) is 16.5. The quantitative estimate of drug-likeness (QED) is 0.771. The van der Waals surface area contributed by atoms with Gasteiger partial charge in [0.15, 0.2) is 0 Å². The molecule has 0 aromatic heterocycles. The lowest BCUT2D eigenvalue weighted by molar-refractivity contribution is -0.240. The van der Waals surface area contributed by atoms with Crippen LogP contribution >= 0.6 is 0 Å². The molecular formula is C16H21NO5. The second-order valence-corrected chi connectivity index (χ2v) is 5.32. The minimum Gasteiger partial charge on any atom is -0.467 e. The van der Waals surface area contributed by atoms with Crippen LogP contribution in [-0.4, -0.2) is 42.4 Å². The molecule has 1 aromatic rings. The van der Waals surface area contributed by atoms with E-state index in [2.05, 4.69) is 0 Å². The van der Waals surface area contributed by atoms with Crippen LogP contribution in [0.2, 0.25) is 0 Å². The summed E-state index contributed by atoms with van der Waals surface area (Å²) in [7, 11) is 1.30. The predicted octanol–water partition coefficient (Wildman–Crippen LogP) is 1.69. The topological polar surface area (TPSA) is 65.1 Å². The van der Waals surface area contributed by atoms with Gasteiger partial charge in [0.05, 0.1) is 7.11 Å². The molecule has 0 N–H and O–H groups in total. The number of rotatable bonds is 5. The summed E-state index contributed by atoms with van der Waals surface area (Å²) < 4.78 is 10.0. The zero-order valence-electron chi connectivity index (χ0n) is 13.1. The highest BCUT2D eigenvalue weighted by atomic mass is 16.7. The van der Waals surface area contributed by atoms with E-state index in [0.717, 1.165) is 5.56 Å². The summed E-state index contributed by atoms with van der Waals surface area (Å²) >= 11 is 0. The van der Waals surface area contributed by atoms with Gasteiger partial charge in [-0.2, -0.15) is 5.06 Å². The van der Waals surface area contributed by atoms with Gasteiger partial charge in [0.25, 0.3) is 0 Å². The smallest absolute Gasteiger partial charge is 0.344 e. The molecule has 1 saturated heterocycles. The first-order valence-electron chi connectivity index (χ1n) is 7.21. The second kappa shape index (κ2) is 6.89. The highest BCUT2D eigenvalue weighted by molar-refractivity contribution is 5.81. The van der Waals surface area contributed by atoms with Gasteiger partial charge < -0.3 is 9.47 Å². The minimum atomic E-state index is -1.28. The van der Waals surface area contributed by atoms with Crippen molar-refractivity contribution < 1.29 is 23.9 Å². The van der Waals surface area contributed by atoms with Gasteiger partial charge in [0.2, 0.25) is 5.60 Å². The summed E-state index contributed by atoms with van der Waals surface area (Å²) in [5, 5.41) is 1.70. The number of hydrogen-bond acceptors (Lipinski definition) is 6. The molecule has 0 saturated carbocycles. The fraction of sp³-hybridized carbons (Fsp3) is 0.500. The number of nitrogens with zero attached hydrogens (tertiary/aromatic N) is 1. The lowest BCUT2D eigenvalue weighted by atomic mass is 9.94. The first-order chi connectivity index (χ1) is 10.5.